The van der Waals surface area contributed by atoms with Crippen molar-refractivity contribution in [3.05, 3.63) is 335 Å². The number of nitrogens with zero attached hydrogens (tertiary/aromatic N) is 8. The number of fused-ring (bicyclic) bond motifs is 24. The van der Waals surface area contributed by atoms with Gasteiger partial charge in [0.15, 0.2) is 0 Å². The number of benzene rings is 16. The van der Waals surface area contributed by atoms with Crippen LogP contribution in [0.25, 0.3) is 198 Å². The quantitative estimate of drug-likeness (QED) is 0.0852. The number of rotatable bonds is 8. The molecule has 0 amide bonds. The van der Waals surface area contributed by atoms with E-state index in [1.807, 2.05) is 0 Å². The average molecular weight is 1710 g/mol. The summed E-state index contributed by atoms with van der Waals surface area (Å²) in [5.74, 6) is -0.688. The van der Waals surface area contributed by atoms with Gasteiger partial charge in [-0.05, 0) is 272 Å². The van der Waals surface area contributed by atoms with E-state index in [-0.39, 0.29) is 49.7 Å². The first kappa shape index (κ1) is 74.4. The molecule has 0 saturated carbocycles. The second-order valence-corrected chi connectivity index (χ2v) is 31.8. The Hall–Kier alpha value is -13.7. The number of ketones is 2. The predicted molar refractivity (Wildman–Crippen MR) is 479 cm³/mol. The number of aromatic nitrogens is 8. The number of aryl methyl sites for hydroxylation is 8. The average Bonchev–Trinajstić information content (AvgIpc) is 1.22. The molecule has 0 bridgehead atoms. The van der Waals surface area contributed by atoms with Crippen molar-refractivity contribution in [3.8, 4) is 45.3 Å². The first-order chi connectivity index (χ1) is 56.7. The summed E-state index contributed by atoms with van der Waals surface area (Å²) >= 11 is 0. The van der Waals surface area contributed by atoms with Gasteiger partial charge in [0.2, 0.25) is 0 Å². The normalized spacial score (nSPS) is 11.8. The van der Waals surface area contributed by atoms with Gasteiger partial charge in [0.1, 0.15) is 23.2 Å². The summed E-state index contributed by atoms with van der Waals surface area (Å²) in [6.07, 6.45) is 3.66. The standard InChI is InChI=1S/2C50H34FN4.C5H8O2.Ir/c2*1-28-5-17-45-40(21-28)41-22-29(2)6-18-46(41)54(45)34-13-15-36-38(25-34)39-26-35(55-47-19-7-30(3)23-42(47)43-24-31(4)8-20-48(43)55)14-16-37(39)50-49(36)52-27-44(53-50)32-9-11-33(51)12-10-32;1-4(6)3-5(2)7;/h2*5-14,16-27H,1-4H3;3H2,1-2H3;/q2*-1;;+3. The van der Waals surface area contributed by atoms with Gasteiger partial charge in [-0.15, -0.1) is 47.2 Å². The number of carbonyl (C=O) groups excluding carboxylic acids is 2. The fourth-order valence-corrected chi connectivity index (χ4v) is 17.8. The minimum atomic E-state index is -0.282. The van der Waals surface area contributed by atoms with Gasteiger partial charge in [0.05, 0.1) is 50.9 Å². The second-order valence-electron chi connectivity index (χ2n) is 31.8. The molecule has 0 atom stereocenters. The van der Waals surface area contributed by atoms with Crippen LogP contribution in [0, 0.1) is 79.2 Å². The monoisotopic (exact) mass is 1710 g/mol. The van der Waals surface area contributed by atoms with Crippen LogP contribution in [0.2, 0.25) is 0 Å². The van der Waals surface area contributed by atoms with Crippen LogP contribution >= 0.6 is 0 Å². The zero-order valence-electron chi connectivity index (χ0n) is 66.6. The Morgan fingerprint density at radius 2 is 0.542 bits per heavy atom. The number of carbonyl (C=O) groups is 2. The number of hydrogen-bond acceptors (Lipinski definition) is 6. The smallest absolute Gasteiger partial charge is 0.351 e. The summed E-state index contributed by atoms with van der Waals surface area (Å²) in [6, 6.07) is 96.2. The third-order valence-corrected chi connectivity index (χ3v) is 23.1. The second kappa shape index (κ2) is 28.9. The summed E-state index contributed by atoms with van der Waals surface area (Å²) in [5, 5.41) is 17.9. The van der Waals surface area contributed by atoms with Crippen molar-refractivity contribution in [2.45, 2.75) is 75.7 Å². The fraction of sp³-hybridized carbons (Fsp3) is 0.105. The summed E-state index contributed by atoms with van der Waals surface area (Å²) in [4.78, 5) is 40.6. The zero-order valence-corrected chi connectivity index (χ0v) is 69.0. The summed E-state index contributed by atoms with van der Waals surface area (Å²) in [6.45, 7) is 20.0. The maximum absolute atomic E-state index is 13.9. The molecular weight excluding hydrogens is 1640 g/mol. The van der Waals surface area contributed by atoms with Crippen molar-refractivity contribution in [2.24, 2.45) is 0 Å². The SMILES string of the molecule is CC(=O)CC(C)=O.Cc1ccc2c(c1)c1cc(C)ccc1n2-c1c[c-]c2c(c1)c1cc(-n3c4ccc(C)cc4c4cc(C)ccc43)ccc1c1nc(-c3ccc(F)cc3)cnc21.Cc1ccc2c(c1)c1cc(C)ccc1n2-c1c[c-]c2c(c1)c1cc(-n3c4ccc(C)cc4c4cc(C)ccc43)ccc1c1nc(-c3ccc(F)cc3)cnc21.[Ir+3]. The van der Waals surface area contributed by atoms with E-state index in [0.29, 0.717) is 11.4 Å². The Labute approximate surface area is 692 Å². The molecule has 0 spiro atoms. The molecule has 0 N–H and O–H groups in total. The Morgan fingerprint density at radius 1 is 0.288 bits per heavy atom. The van der Waals surface area contributed by atoms with Crippen molar-refractivity contribution >= 4 is 164 Å². The fourth-order valence-electron chi connectivity index (χ4n) is 17.8. The van der Waals surface area contributed by atoms with Crippen molar-refractivity contribution in [2.75, 3.05) is 0 Å². The van der Waals surface area contributed by atoms with Crippen LogP contribution < -0.4 is 0 Å². The van der Waals surface area contributed by atoms with Crippen LogP contribution in [-0.4, -0.2) is 49.8 Å². The molecule has 0 unspecified atom stereocenters. The van der Waals surface area contributed by atoms with Gasteiger partial charge in [-0.3, -0.25) is 19.6 Å². The maximum Gasteiger partial charge on any atom is 3.00 e. The number of hydrogen-bond donors (Lipinski definition) is 0. The van der Waals surface area contributed by atoms with E-state index in [1.54, 1.807) is 36.7 Å². The first-order valence-electron chi connectivity index (χ1n) is 39.4. The van der Waals surface area contributed by atoms with Crippen LogP contribution in [0.4, 0.5) is 8.78 Å². The minimum Gasteiger partial charge on any atom is -0.351 e. The van der Waals surface area contributed by atoms with Crippen LogP contribution in [0.5, 0.6) is 0 Å². The summed E-state index contributed by atoms with van der Waals surface area (Å²) < 4.78 is 37.3. The van der Waals surface area contributed by atoms with Gasteiger partial charge in [-0.2, -0.15) is 0 Å². The van der Waals surface area contributed by atoms with E-state index in [1.165, 1.54) is 126 Å². The Balaban J connectivity index is 0.000000144. The zero-order chi connectivity index (χ0) is 80.1. The maximum atomic E-state index is 13.9. The summed E-state index contributed by atoms with van der Waals surface area (Å²) in [7, 11) is 0. The molecular formula is C105H76F2IrN8O2+. The number of Topliss-reactive ketones (excluding diaryl/α,β-unsaturated/α-hetero) is 2. The molecule has 16 aromatic carbocycles. The predicted octanol–water partition coefficient (Wildman–Crippen LogP) is 26.5. The van der Waals surface area contributed by atoms with Crippen LogP contribution in [0.3, 0.4) is 0 Å². The molecule has 6 aromatic heterocycles. The molecule has 118 heavy (non-hydrogen) atoms. The molecule has 22 rings (SSSR count). The molecule has 0 aliphatic heterocycles. The van der Waals surface area contributed by atoms with Crippen molar-refractivity contribution in [1.82, 2.24) is 38.2 Å². The molecule has 570 valence electrons. The number of halogens is 2. The third-order valence-electron chi connectivity index (χ3n) is 23.1. The van der Waals surface area contributed by atoms with E-state index >= 15 is 0 Å². The minimum absolute atomic E-state index is 0. The van der Waals surface area contributed by atoms with E-state index in [2.05, 4.69) is 292 Å². The van der Waals surface area contributed by atoms with Gasteiger partial charge in [0.25, 0.3) is 0 Å². The molecule has 0 fully saturated rings. The van der Waals surface area contributed by atoms with Crippen molar-refractivity contribution in [3.63, 3.8) is 0 Å². The summed E-state index contributed by atoms with van der Waals surface area (Å²) in [5.41, 5.74) is 29.5. The van der Waals surface area contributed by atoms with Crippen LogP contribution in [-0.2, 0) is 29.7 Å². The van der Waals surface area contributed by atoms with Gasteiger partial charge >= 0.3 is 20.1 Å². The van der Waals surface area contributed by atoms with E-state index < -0.39 is 0 Å². The molecule has 0 radical (unpaired) electrons. The third kappa shape index (κ3) is 12.6. The van der Waals surface area contributed by atoms with Crippen LogP contribution in [0.1, 0.15) is 64.8 Å². The van der Waals surface area contributed by atoms with Gasteiger partial charge < -0.3 is 28.2 Å². The Kier molecular flexibility index (Phi) is 18.2. The van der Waals surface area contributed by atoms with Gasteiger partial charge in [0, 0.05) is 111 Å². The van der Waals surface area contributed by atoms with Crippen molar-refractivity contribution in [1.29, 1.82) is 0 Å². The molecule has 22 aromatic rings. The first-order valence-corrected chi connectivity index (χ1v) is 39.4. The molecule has 13 heteroatoms. The Morgan fingerprint density at radius 3 is 0.797 bits per heavy atom. The van der Waals surface area contributed by atoms with E-state index in [0.717, 1.165) is 143 Å². The van der Waals surface area contributed by atoms with E-state index in [4.69, 9.17) is 19.9 Å². The van der Waals surface area contributed by atoms with Crippen molar-refractivity contribution < 1.29 is 38.5 Å². The molecule has 0 aliphatic rings. The molecule has 6 heterocycles. The molecule has 10 nitrogen and oxygen atoms in total. The van der Waals surface area contributed by atoms with E-state index in [9.17, 15) is 18.4 Å². The topological polar surface area (TPSA) is 105 Å². The Bertz CT molecular complexity index is 7340. The van der Waals surface area contributed by atoms with Crippen LogP contribution in [0.15, 0.2) is 267 Å². The molecule has 0 saturated heterocycles. The van der Waals surface area contributed by atoms with Gasteiger partial charge in [-0.1, -0.05) is 116 Å². The van der Waals surface area contributed by atoms with Gasteiger partial charge in [-0.25, -0.2) is 8.78 Å². The molecule has 0 aliphatic carbocycles. The largest absolute Gasteiger partial charge is 3.00 e.